The van der Waals surface area contributed by atoms with Gasteiger partial charge in [0.1, 0.15) is 6.23 Å². The zero-order valence-electron chi connectivity index (χ0n) is 5.69. The molecule has 0 saturated heterocycles. The predicted octanol–water partition coefficient (Wildman–Crippen LogP) is 0.811. The van der Waals surface area contributed by atoms with Crippen molar-refractivity contribution in [2.45, 2.75) is 13.2 Å². The molecule has 1 heterocycles. The Morgan fingerprint density at radius 3 is 2.90 bits per heavy atom. The molecule has 0 aliphatic carbocycles. The van der Waals surface area contributed by atoms with Crippen LogP contribution in [0.25, 0.3) is 0 Å². The van der Waals surface area contributed by atoms with Crippen LogP contribution in [0.15, 0.2) is 18.3 Å². The number of aliphatic hydroxyl groups excluding tert-OH is 1. The Morgan fingerprint density at radius 2 is 2.50 bits per heavy atom. The van der Waals surface area contributed by atoms with E-state index >= 15 is 0 Å². The average Bonchev–Trinajstić information content (AvgIpc) is 2.33. The van der Waals surface area contributed by atoms with Crippen molar-refractivity contribution in [3.05, 3.63) is 24.0 Å². The van der Waals surface area contributed by atoms with Gasteiger partial charge in [-0.25, -0.2) is 0 Å². The second kappa shape index (κ2) is 2.66. The summed E-state index contributed by atoms with van der Waals surface area (Å²) in [6, 6.07) is 3.37. The minimum absolute atomic E-state index is 0.495. The van der Waals surface area contributed by atoms with Crippen molar-refractivity contribution in [2.24, 2.45) is 0 Å². The number of aldehydes is 1. The number of nitrogens with zero attached hydrogens (tertiary/aromatic N) is 1. The van der Waals surface area contributed by atoms with E-state index in [0.717, 1.165) is 0 Å². The van der Waals surface area contributed by atoms with Crippen molar-refractivity contribution in [2.75, 3.05) is 0 Å². The van der Waals surface area contributed by atoms with Gasteiger partial charge < -0.3 is 9.67 Å². The van der Waals surface area contributed by atoms with Gasteiger partial charge in [0, 0.05) is 6.20 Å². The fourth-order valence-corrected chi connectivity index (χ4v) is 0.847. The topological polar surface area (TPSA) is 42.2 Å². The Morgan fingerprint density at radius 1 is 1.80 bits per heavy atom. The Kier molecular flexibility index (Phi) is 1.87. The maximum Gasteiger partial charge on any atom is 0.166 e. The summed E-state index contributed by atoms with van der Waals surface area (Å²) in [4.78, 5) is 10.3. The molecule has 0 bridgehead atoms. The first-order valence-electron chi connectivity index (χ1n) is 3.06. The van der Waals surface area contributed by atoms with Gasteiger partial charge in [-0.3, -0.25) is 4.79 Å². The number of hydrogen-bond donors (Lipinski definition) is 1. The molecule has 3 nitrogen and oxygen atoms in total. The molecule has 1 aromatic rings. The minimum atomic E-state index is -0.629. The molecule has 0 aliphatic rings. The van der Waals surface area contributed by atoms with E-state index in [1.807, 2.05) is 0 Å². The molecule has 0 saturated carbocycles. The van der Waals surface area contributed by atoms with E-state index in [0.29, 0.717) is 12.0 Å². The first kappa shape index (κ1) is 7.02. The molecular weight excluding hydrogens is 130 g/mol. The summed E-state index contributed by atoms with van der Waals surface area (Å²) in [7, 11) is 0. The van der Waals surface area contributed by atoms with Crippen LogP contribution in [0.2, 0.25) is 0 Å². The summed E-state index contributed by atoms with van der Waals surface area (Å²) in [5, 5.41) is 9.03. The first-order valence-corrected chi connectivity index (χ1v) is 3.06. The third-order valence-electron chi connectivity index (χ3n) is 1.34. The molecule has 1 unspecified atom stereocenters. The van der Waals surface area contributed by atoms with E-state index in [9.17, 15) is 4.79 Å². The van der Waals surface area contributed by atoms with Crippen LogP contribution in [-0.4, -0.2) is 16.0 Å². The summed E-state index contributed by atoms with van der Waals surface area (Å²) in [5.74, 6) is 0. The zero-order chi connectivity index (χ0) is 7.56. The number of aliphatic hydroxyl groups is 1. The van der Waals surface area contributed by atoms with E-state index in [1.54, 1.807) is 25.3 Å². The summed E-state index contributed by atoms with van der Waals surface area (Å²) in [5.41, 5.74) is 0.495. The van der Waals surface area contributed by atoms with Crippen LogP contribution in [-0.2, 0) is 0 Å². The fraction of sp³-hybridized carbons (Fsp3) is 0.286. The third-order valence-corrected chi connectivity index (χ3v) is 1.34. The Bertz CT molecular complexity index is 227. The van der Waals surface area contributed by atoms with Crippen LogP contribution in [0.5, 0.6) is 0 Å². The van der Waals surface area contributed by atoms with Crippen LogP contribution in [0.4, 0.5) is 0 Å². The molecule has 1 aromatic heterocycles. The molecule has 3 heteroatoms. The molecule has 0 spiro atoms. The Hall–Kier alpha value is -1.09. The Labute approximate surface area is 58.9 Å². The van der Waals surface area contributed by atoms with Crippen molar-refractivity contribution in [3.8, 4) is 0 Å². The lowest BCUT2D eigenvalue weighted by Gasteiger charge is -2.06. The predicted molar refractivity (Wildman–Crippen MR) is 36.7 cm³/mol. The van der Waals surface area contributed by atoms with E-state index in [1.165, 1.54) is 4.57 Å². The highest BCUT2D eigenvalue weighted by molar-refractivity contribution is 5.72. The van der Waals surface area contributed by atoms with Crippen LogP contribution < -0.4 is 0 Å². The molecule has 1 atom stereocenters. The lowest BCUT2D eigenvalue weighted by molar-refractivity contribution is 0.104. The summed E-state index contributed by atoms with van der Waals surface area (Å²) >= 11 is 0. The largest absolute Gasteiger partial charge is 0.374 e. The summed E-state index contributed by atoms with van der Waals surface area (Å²) in [6.45, 7) is 1.60. The molecule has 0 aliphatic heterocycles. The van der Waals surface area contributed by atoms with Gasteiger partial charge in [0.2, 0.25) is 0 Å². The van der Waals surface area contributed by atoms with Crippen molar-refractivity contribution < 1.29 is 9.90 Å². The Balaban J connectivity index is 3.01. The summed E-state index contributed by atoms with van der Waals surface area (Å²) < 4.78 is 1.49. The molecule has 0 amide bonds. The quantitative estimate of drug-likeness (QED) is 0.616. The van der Waals surface area contributed by atoms with Gasteiger partial charge in [-0.2, -0.15) is 0 Å². The fourth-order valence-electron chi connectivity index (χ4n) is 0.847. The molecule has 0 radical (unpaired) electrons. The molecule has 0 aromatic carbocycles. The van der Waals surface area contributed by atoms with Crippen molar-refractivity contribution in [1.82, 2.24) is 4.57 Å². The van der Waals surface area contributed by atoms with Gasteiger partial charge in [-0.15, -0.1) is 0 Å². The second-order valence-electron chi connectivity index (χ2n) is 2.09. The highest BCUT2D eigenvalue weighted by Gasteiger charge is 2.01. The second-order valence-corrected chi connectivity index (χ2v) is 2.09. The van der Waals surface area contributed by atoms with E-state index < -0.39 is 6.23 Å². The lowest BCUT2D eigenvalue weighted by atomic mass is 10.4. The molecular formula is C7H9NO2. The van der Waals surface area contributed by atoms with Gasteiger partial charge in [0.05, 0.1) is 5.69 Å². The number of carbonyl (C=O) groups excluding carboxylic acids is 1. The van der Waals surface area contributed by atoms with Gasteiger partial charge in [-0.1, -0.05) is 0 Å². The van der Waals surface area contributed by atoms with Crippen molar-refractivity contribution >= 4 is 6.29 Å². The van der Waals surface area contributed by atoms with Crippen LogP contribution in [0.3, 0.4) is 0 Å². The number of carbonyl (C=O) groups is 1. The zero-order valence-corrected chi connectivity index (χ0v) is 5.69. The average molecular weight is 139 g/mol. The third kappa shape index (κ3) is 1.09. The molecule has 0 fully saturated rings. The SMILES string of the molecule is CC(O)n1cccc1C=O. The highest BCUT2D eigenvalue weighted by atomic mass is 16.3. The van der Waals surface area contributed by atoms with Gasteiger partial charge >= 0.3 is 0 Å². The van der Waals surface area contributed by atoms with Crippen LogP contribution in [0, 0.1) is 0 Å². The van der Waals surface area contributed by atoms with E-state index in [-0.39, 0.29) is 0 Å². The number of aromatic nitrogens is 1. The maximum atomic E-state index is 10.3. The molecule has 10 heavy (non-hydrogen) atoms. The normalized spacial score (nSPS) is 13.0. The van der Waals surface area contributed by atoms with Crippen molar-refractivity contribution in [3.63, 3.8) is 0 Å². The van der Waals surface area contributed by atoms with Gasteiger partial charge in [0.25, 0.3) is 0 Å². The van der Waals surface area contributed by atoms with Gasteiger partial charge in [-0.05, 0) is 19.1 Å². The van der Waals surface area contributed by atoms with Crippen molar-refractivity contribution in [1.29, 1.82) is 0 Å². The number of hydrogen-bond acceptors (Lipinski definition) is 2. The van der Waals surface area contributed by atoms with E-state index in [4.69, 9.17) is 5.11 Å². The summed E-state index contributed by atoms with van der Waals surface area (Å²) in [6.07, 6.45) is 1.75. The van der Waals surface area contributed by atoms with Crippen LogP contribution >= 0.6 is 0 Å². The lowest BCUT2D eigenvalue weighted by Crippen LogP contribution is -2.05. The highest BCUT2D eigenvalue weighted by Crippen LogP contribution is 2.05. The van der Waals surface area contributed by atoms with Crippen LogP contribution in [0.1, 0.15) is 23.6 Å². The van der Waals surface area contributed by atoms with Gasteiger partial charge in [0.15, 0.2) is 6.29 Å². The molecule has 1 N–H and O–H groups in total. The minimum Gasteiger partial charge on any atom is -0.374 e. The first-order chi connectivity index (χ1) is 4.75. The maximum absolute atomic E-state index is 10.3. The molecule has 54 valence electrons. The monoisotopic (exact) mass is 139 g/mol. The smallest absolute Gasteiger partial charge is 0.166 e. The molecule has 1 rings (SSSR count). The van der Waals surface area contributed by atoms with E-state index in [2.05, 4.69) is 0 Å². The standard InChI is InChI=1S/C7H9NO2/c1-6(10)8-4-2-3-7(8)5-9/h2-6,10H,1H3. The number of rotatable bonds is 2.